The highest BCUT2D eigenvalue weighted by molar-refractivity contribution is 5.52. The van der Waals surface area contributed by atoms with Crippen molar-refractivity contribution < 1.29 is 10.0 Å². The van der Waals surface area contributed by atoms with Gasteiger partial charge in [-0.15, -0.1) is 0 Å². The van der Waals surface area contributed by atoms with Crippen molar-refractivity contribution in [2.45, 2.75) is 19.4 Å². The van der Waals surface area contributed by atoms with Crippen molar-refractivity contribution in [2.75, 3.05) is 18.5 Å². The van der Waals surface area contributed by atoms with Gasteiger partial charge in [-0.3, -0.25) is 10.1 Å². The summed E-state index contributed by atoms with van der Waals surface area (Å²) in [6.07, 6.45) is 0. The highest BCUT2D eigenvalue weighted by Crippen LogP contribution is 2.21. The van der Waals surface area contributed by atoms with E-state index >= 15 is 0 Å². The summed E-state index contributed by atoms with van der Waals surface area (Å²) in [6, 6.07) is 6.35. The van der Waals surface area contributed by atoms with Gasteiger partial charge in [-0.2, -0.15) is 0 Å². The van der Waals surface area contributed by atoms with Gasteiger partial charge in [-0.25, -0.2) is 0 Å². The predicted molar refractivity (Wildman–Crippen MR) is 62.7 cm³/mol. The van der Waals surface area contributed by atoms with Crippen LogP contribution in [0.5, 0.6) is 0 Å². The molecule has 88 valence electrons. The number of anilines is 1. The molecule has 5 heteroatoms. The Morgan fingerprint density at radius 3 is 2.62 bits per heavy atom. The summed E-state index contributed by atoms with van der Waals surface area (Å²) in [5.74, 6) is 0. The van der Waals surface area contributed by atoms with Crippen LogP contribution in [0.2, 0.25) is 0 Å². The van der Waals surface area contributed by atoms with E-state index in [9.17, 15) is 15.2 Å². The largest absolute Gasteiger partial charge is 0.389 e. The number of likely N-dealkylation sites (N-methyl/N-ethyl adjacent to an activating group) is 1. The van der Waals surface area contributed by atoms with Crippen molar-refractivity contribution in [2.24, 2.45) is 0 Å². The molecule has 0 unspecified atom stereocenters. The van der Waals surface area contributed by atoms with E-state index < -0.39 is 10.5 Å². The van der Waals surface area contributed by atoms with Gasteiger partial charge in [0, 0.05) is 31.4 Å². The summed E-state index contributed by atoms with van der Waals surface area (Å²) in [4.78, 5) is 12.0. The fourth-order valence-electron chi connectivity index (χ4n) is 1.52. The predicted octanol–water partition coefficient (Wildman–Crippen LogP) is 1.80. The highest BCUT2D eigenvalue weighted by atomic mass is 16.6. The third kappa shape index (κ3) is 3.51. The van der Waals surface area contributed by atoms with Gasteiger partial charge in [0.25, 0.3) is 5.69 Å². The summed E-state index contributed by atoms with van der Waals surface area (Å²) in [5.41, 5.74) is -0.0595. The Labute approximate surface area is 94.5 Å². The molecule has 1 N–H and O–H groups in total. The number of nitro benzene ring substituents is 1. The lowest BCUT2D eigenvalue weighted by Gasteiger charge is -2.27. The molecule has 5 nitrogen and oxygen atoms in total. The molecule has 0 spiro atoms. The zero-order valence-electron chi connectivity index (χ0n) is 9.67. The molecule has 0 aromatic heterocycles. The number of benzene rings is 1. The van der Waals surface area contributed by atoms with E-state index in [0.717, 1.165) is 5.69 Å². The van der Waals surface area contributed by atoms with Crippen LogP contribution in [-0.2, 0) is 0 Å². The molecule has 0 saturated carbocycles. The summed E-state index contributed by atoms with van der Waals surface area (Å²) in [5, 5.41) is 20.3. The molecule has 0 fully saturated rings. The number of nitrogens with zero attached hydrogens (tertiary/aromatic N) is 2. The molecular formula is C11H16N2O3. The van der Waals surface area contributed by atoms with E-state index in [1.807, 2.05) is 0 Å². The topological polar surface area (TPSA) is 66.6 Å². The zero-order valence-corrected chi connectivity index (χ0v) is 9.67. The van der Waals surface area contributed by atoms with Crippen molar-refractivity contribution in [3.05, 3.63) is 34.4 Å². The normalized spacial score (nSPS) is 11.2. The molecule has 0 amide bonds. The van der Waals surface area contributed by atoms with Gasteiger partial charge in [0.05, 0.1) is 10.5 Å². The Hall–Kier alpha value is -1.62. The van der Waals surface area contributed by atoms with E-state index in [4.69, 9.17) is 0 Å². The maximum Gasteiger partial charge on any atom is 0.271 e. The lowest BCUT2D eigenvalue weighted by Crippen LogP contribution is -2.36. The second kappa shape index (κ2) is 4.49. The van der Waals surface area contributed by atoms with Crippen LogP contribution in [0.3, 0.4) is 0 Å². The fourth-order valence-corrected chi connectivity index (χ4v) is 1.52. The van der Waals surface area contributed by atoms with Crippen LogP contribution >= 0.6 is 0 Å². The lowest BCUT2D eigenvalue weighted by atomic mass is 10.1. The standard InChI is InChI=1S/C11H16N2O3/c1-11(2,14)8-12(3)9-5-4-6-10(7-9)13(15)16/h4-7,14H,8H2,1-3H3. The first-order chi connectivity index (χ1) is 7.29. The van der Waals surface area contributed by atoms with Crippen LogP contribution in [-0.4, -0.2) is 29.2 Å². The second-order valence-electron chi connectivity index (χ2n) is 4.45. The molecule has 0 radical (unpaired) electrons. The number of hydrogen-bond acceptors (Lipinski definition) is 4. The molecule has 0 heterocycles. The Morgan fingerprint density at radius 1 is 1.50 bits per heavy atom. The first kappa shape index (κ1) is 12.4. The van der Waals surface area contributed by atoms with Crippen molar-refractivity contribution in [1.29, 1.82) is 0 Å². The third-order valence-electron chi connectivity index (χ3n) is 2.11. The molecular weight excluding hydrogens is 208 g/mol. The fraction of sp³-hybridized carbons (Fsp3) is 0.455. The van der Waals surface area contributed by atoms with E-state index in [2.05, 4.69) is 0 Å². The van der Waals surface area contributed by atoms with Crippen molar-refractivity contribution in [3.8, 4) is 0 Å². The summed E-state index contributed by atoms with van der Waals surface area (Å²) >= 11 is 0. The summed E-state index contributed by atoms with van der Waals surface area (Å²) in [7, 11) is 1.79. The summed E-state index contributed by atoms with van der Waals surface area (Å²) < 4.78 is 0. The van der Waals surface area contributed by atoms with Crippen LogP contribution in [0, 0.1) is 10.1 Å². The zero-order chi connectivity index (χ0) is 12.3. The van der Waals surface area contributed by atoms with Gasteiger partial charge in [-0.05, 0) is 19.9 Å². The van der Waals surface area contributed by atoms with Gasteiger partial charge in [-0.1, -0.05) is 6.07 Å². The van der Waals surface area contributed by atoms with Crippen LogP contribution in [0.15, 0.2) is 24.3 Å². The minimum Gasteiger partial charge on any atom is -0.389 e. The van der Waals surface area contributed by atoms with Crippen molar-refractivity contribution >= 4 is 11.4 Å². The molecule has 0 aliphatic carbocycles. The van der Waals surface area contributed by atoms with Gasteiger partial charge in [0.2, 0.25) is 0 Å². The molecule has 0 aliphatic rings. The van der Waals surface area contributed by atoms with E-state index in [1.165, 1.54) is 12.1 Å². The molecule has 0 aliphatic heterocycles. The SMILES string of the molecule is CN(CC(C)(C)O)c1cccc([N+](=O)[O-])c1. The molecule has 0 bridgehead atoms. The minimum atomic E-state index is -0.834. The van der Waals surface area contributed by atoms with Crippen LogP contribution in [0.1, 0.15) is 13.8 Å². The first-order valence-corrected chi connectivity index (χ1v) is 4.97. The quantitative estimate of drug-likeness (QED) is 0.625. The Kier molecular flexibility index (Phi) is 3.49. The lowest BCUT2D eigenvalue weighted by molar-refractivity contribution is -0.384. The first-order valence-electron chi connectivity index (χ1n) is 4.97. The minimum absolute atomic E-state index is 0.0556. The molecule has 1 aromatic rings. The average Bonchev–Trinajstić information content (AvgIpc) is 2.15. The van der Waals surface area contributed by atoms with Gasteiger partial charge < -0.3 is 10.0 Å². The number of rotatable bonds is 4. The number of aliphatic hydroxyl groups is 1. The van der Waals surface area contributed by atoms with Crippen LogP contribution < -0.4 is 4.90 Å². The molecule has 0 saturated heterocycles. The highest BCUT2D eigenvalue weighted by Gasteiger charge is 2.17. The van der Waals surface area contributed by atoms with Gasteiger partial charge in [0.1, 0.15) is 0 Å². The molecule has 16 heavy (non-hydrogen) atoms. The van der Waals surface area contributed by atoms with Crippen LogP contribution in [0.25, 0.3) is 0 Å². The number of hydrogen-bond donors (Lipinski definition) is 1. The van der Waals surface area contributed by atoms with Crippen molar-refractivity contribution in [1.82, 2.24) is 0 Å². The molecule has 0 atom stereocenters. The summed E-state index contributed by atoms with van der Waals surface area (Å²) in [6.45, 7) is 3.80. The van der Waals surface area contributed by atoms with Gasteiger partial charge >= 0.3 is 0 Å². The maximum absolute atomic E-state index is 10.6. The van der Waals surface area contributed by atoms with E-state index in [1.54, 1.807) is 37.9 Å². The molecule has 1 aromatic carbocycles. The van der Waals surface area contributed by atoms with E-state index in [0.29, 0.717) is 6.54 Å². The molecule has 1 rings (SSSR count). The second-order valence-corrected chi connectivity index (χ2v) is 4.45. The monoisotopic (exact) mass is 224 g/mol. The Bertz CT molecular complexity index is 385. The van der Waals surface area contributed by atoms with E-state index in [-0.39, 0.29) is 5.69 Å². The smallest absolute Gasteiger partial charge is 0.271 e. The third-order valence-corrected chi connectivity index (χ3v) is 2.11. The number of nitro groups is 1. The average molecular weight is 224 g/mol. The van der Waals surface area contributed by atoms with Gasteiger partial charge in [0.15, 0.2) is 0 Å². The number of non-ortho nitro benzene ring substituents is 1. The Balaban J connectivity index is 2.87. The van der Waals surface area contributed by atoms with Crippen molar-refractivity contribution in [3.63, 3.8) is 0 Å². The Morgan fingerprint density at radius 2 is 2.12 bits per heavy atom. The maximum atomic E-state index is 10.6. The van der Waals surface area contributed by atoms with Crippen LogP contribution in [0.4, 0.5) is 11.4 Å².